The topological polar surface area (TPSA) is 82.0 Å². The van der Waals surface area contributed by atoms with E-state index in [0.29, 0.717) is 12.6 Å². The van der Waals surface area contributed by atoms with E-state index in [2.05, 4.69) is 29.4 Å². The first-order valence-electron chi connectivity index (χ1n) is 10.2. The van der Waals surface area contributed by atoms with E-state index in [-0.39, 0.29) is 11.7 Å². The maximum Gasteiger partial charge on any atom is 0.293 e. The number of rotatable bonds is 3. The van der Waals surface area contributed by atoms with Gasteiger partial charge in [0.05, 0.1) is 30.4 Å². The third-order valence-electron chi connectivity index (χ3n) is 6.14. The molecule has 0 radical (unpaired) electrons. The Bertz CT molecular complexity index is 684. The highest BCUT2D eigenvalue weighted by atomic mass is 16.5. The molecule has 6 rings (SSSR count). The number of carbonyl (C=O) groups excluding carboxylic acids is 1. The summed E-state index contributed by atoms with van der Waals surface area (Å²) in [6, 6.07) is 0. The number of aliphatic hydroxyl groups is 1. The molecular formula is C20H31N5O3. The molecule has 0 aliphatic carbocycles. The Labute approximate surface area is 166 Å². The minimum absolute atomic E-state index is 0.137. The maximum atomic E-state index is 9.60. The van der Waals surface area contributed by atoms with Gasteiger partial charge >= 0.3 is 0 Å². The lowest BCUT2D eigenvalue weighted by Gasteiger charge is -2.43. The molecule has 0 saturated carbocycles. The summed E-state index contributed by atoms with van der Waals surface area (Å²) in [7, 11) is 0. The van der Waals surface area contributed by atoms with Crippen LogP contribution in [-0.4, -0.2) is 77.0 Å². The van der Waals surface area contributed by atoms with Crippen molar-refractivity contribution in [3.05, 3.63) is 12.4 Å². The molecule has 8 nitrogen and oxygen atoms in total. The summed E-state index contributed by atoms with van der Waals surface area (Å²) >= 11 is 0. The standard InChI is InChI=1S/C15H21N5O.C5H10O2/c21-12-1-3-18(4-2-12)11-5-16-15(17-6-11)20-8-10-7-19-9-13(10)14(19)20;1-5(2,3)7-4-6/h5-6,10,12-14,21H,1-4,7-9H2;4H,1-3H3. The van der Waals surface area contributed by atoms with Gasteiger partial charge in [-0.15, -0.1) is 0 Å². The van der Waals surface area contributed by atoms with Crippen molar-refractivity contribution in [2.45, 2.75) is 51.5 Å². The van der Waals surface area contributed by atoms with Crippen LogP contribution in [0.4, 0.5) is 11.6 Å². The summed E-state index contributed by atoms with van der Waals surface area (Å²) in [5.41, 5.74) is 0.766. The van der Waals surface area contributed by atoms with Gasteiger partial charge in [0.25, 0.3) is 6.47 Å². The summed E-state index contributed by atoms with van der Waals surface area (Å²) in [4.78, 5) is 26.0. The van der Waals surface area contributed by atoms with Crippen molar-refractivity contribution in [1.82, 2.24) is 14.9 Å². The molecule has 5 aliphatic heterocycles. The average molecular weight is 390 g/mol. The SMILES string of the molecule is CC(C)(C)OC=O.OC1CCN(c2cnc(N3CC4CN5CC4C53)nc2)CC1. The minimum Gasteiger partial charge on any atom is -0.462 e. The second-order valence-corrected chi connectivity index (χ2v) is 9.23. The molecule has 0 spiro atoms. The zero-order valence-corrected chi connectivity index (χ0v) is 17.0. The molecule has 1 aromatic rings. The van der Waals surface area contributed by atoms with Crippen molar-refractivity contribution >= 4 is 18.1 Å². The Morgan fingerprint density at radius 3 is 2.32 bits per heavy atom. The lowest BCUT2D eigenvalue weighted by Crippen LogP contribution is -2.56. The van der Waals surface area contributed by atoms with Crippen molar-refractivity contribution in [1.29, 1.82) is 0 Å². The number of hydrogen-bond donors (Lipinski definition) is 1. The first-order chi connectivity index (χ1) is 13.4. The maximum absolute atomic E-state index is 9.60. The number of nitrogens with zero attached hydrogens (tertiary/aromatic N) is 5. The van der Waals surface area contributed by atoms with Crippen LogP contribution < -0.4 is 9.80 Å². The van der Waals surface area contributed by atoms with Crippen LogP contribution in [0.3, 0.4) is 0 Å². The first-order valence-corrected chi connectivity index (χ1v) is 10.2. The summed E-state index contributed by atoms with van der Waals surface area (Å²) in [6.45, 7) is 11.4. The number of anilines is 2. The molecule has 4 unspecified atom stereocenters. The fourth-order valence-corrected chi connectivity index (χ4v) is 4.69. The van der Waals surface area contributed by atoms with Crippen LogP contribution >= 0.6 is 0 Å². The van der Waals surface area contributed by atoms with Crippen LogP contribution in [0.25, 0.3) is 0 Å². The van der Waals surface area contributed by atoms with Gasteiger partial charge in [-0.2, -0.15) is 0 Å². The number of hydrogen-bond acceptors (Lipinski definition) is 8. The normalized spacial score (nSPS) is 31.1. The van der Waals surface area contributed by atoms with E-state index in [1.54, 1.807) is 0 Å². The van der Waals surface area contributed by atoms with Crippen LogP contribution in [0.2, 0.25) is 0 Å². The zero-order chi connectivity index (χ0) is 19.9. The van der Waals surface area contributed by atoms with Gasteiger partial charge in [-0.1, -0.05) is 0 Å². The molecule has 0 aromatic carbocycles. The number of aliphatic hydroxyl groups excluding tert-OH is 1. The van der Waals surface area contributed by atoms with Crippen molar-refractivity contribution in [2.24, 2.45) is 11.8 Å². The zero-order valence-electron chi connectivity index (χ0n) is 17.0. The Morgan fingerprint density at radius 1 is 1.14 bits per heavy atom. The van der Waals surface area contributed by atoms with Gasteiger partial charge in [0.2, 0.25) is 5.95 Å². The molecule has 4 atom stereocenters. The molecule has 6 heterocycles. The van der Waals surface area contributed by atoms with E-state index in [1.807, 2.05) is 33.2 Å². The highest BCUT2D eigenvalue weighted by Gasteiger charge is 2.60. The van der Waals surface area contributed by atoms with Crippen molar-refractivity contribution < 1.29 is 14.6 Å². The van der Waals surface area contributed by atoms with E-state index in [1.165, 1.54) is 13.1 Å². The summed E-state index contributed by atoms with van der Waals surface area (Å²) in [5, 5.41) is 9.58. The van der Waals surface area contributed by atoms with Crippen LogP contribution in [-0.2, 0) is 9.53 Å². The second-order valence-electron chi connectivity index (χ2n) is 9.23. The van der Waals surface area contributed by atoms with Gasteiger partial charge in [-0.05, 0) is 39.5 Å². The van der Waals surface area contributed by atoms with E-state index in [9.17, 15) is 9.90 Å². The minimum atomic E-state index is -0.318. The van der Waals surface area contributed by atoms with E-state index in [4.69, 9.17) is 0 Å². The largest absolute Gasteiger partial charge is 0.462 e. The molecule has 5 saturated heterocycles. The van der Waals surface area contributed by atoms with Gasteiger partial charge in [0, 0.05) is 38.6 Å². The van der Waals surface area contributed by atoms with Gasteiger partial charge < -0.3 is 19.6 Å². The van der Waals surface area contributed by atoms with E-state index < -0.39 is 0 Å². The van der Waals surface area contributed by atoms with Crippen LogP contribution in [0.5, 0.6) is 0 Å². The van der Waals surface area contributed by atoms with Crippen molar-refractivity contribution in [3.8, 4) is 0 Å². The molecule has 5 aliphatic rings. The molecule has 0 amide bonds. The summed E-state index contributed by atoms with van der Waals surface area (Å²) in [5.74, 6) is 2.58. The predicted molar refractivity (Wildman–Crippen MR) is 106 cm³/mol. The Kier molecular flexibility index (Phi) is 5.18. The lowest BCUT2D eigenvalue weighted by atomic mass is 9.97. The van der Waals surface area contributed by atoms with E-state index >= 15 is 0 Å². The third-order valence-corrected chi connectivity index (χ3v) is 6.14. The summed E-state index contributed by atoms with van der Waals surface area (Å²) in [6.07, 6.45) is 6.02. The Balaban J connectivity index is 0.000000239. The van der Waals surface area contributed by atoms with Crippen LogP contribution in [0.1, 0.15) is 33.6 Å². The molecule has 28 heavy (non-hydrogen) atoms. The van der Waals surface area contributed by atoms with Crippen LogP contribution in [0, 0.1) is 11.8 Å². The Hall–Kier alpha value is -1.93. The number of aromatic nitrogens is 2. The fraction of sp³-hybridized carbons (Fsp3) is 0.750. The van der Waals surface area contributed by atoms with Gasteiger partial charge in [0.1, 0.15) is 5.60 Å². The van der Waals surface area contributed by atoms with Gasteiger partial charge in [-0.25, -0.2) is 9.97 Å². The van der Waals surface area contributed by atoms with Crippen LogP contribution in [0.15, 0.2) is 12.4 Å². The third kappa shape index (κ3) is 3.80. The van der Waals surface area contributed by atoms with Gasteiger partial charge in [-0.3, -0.25) is 9.69 Å². The molecule has 1 N–H and O–H groups in total. The monoisotopic (exact) mass is 389 g/mol. The molecule has 8 heteroatoms. The first kappa shape index (κ1) is 19.4. The highest BCUT2D eigenvalue weighted by molar-refractivity contribution is 5.47. The quantitative estimate of drug-likeness (QED) is 0.770. The molecule has 1 aromatic heterocycles. The molecular weight excluding hydrogens is 358 g/mol. The van der Waals surface area contributed by atoms with Gasteiger partial charge in [0.15, 0.2) is 0 Å². The Morgan fingerprint density at radius 2 is 1.82 bits per heavy atom. The van der Waals surface area contributed by atoms with Crippen molar-refractivity contribution in [3.63, 3.8) is 0 Å². The number of ether oxygens (including phenoxy) is 1. The molecule has 4 bridgehead atoms. The highest BCUT2D eigenvalue weighted by Crippen LogP contribution is 2.49. The number of carbonyl (C=O) groups is 1. The molecule has 5 fully saturated rings. The lowest BCUT2D eigenvalue weighted by molar-refractivity contribution is -0.138. The van der Waals surface area contributed by atoms with E-state index in [0.717, 1.165) is 55.9 Å². The smallest absolute Gasteiger partial charge is 0.293 e. The fourth-order valence-electron chi connectivity index (χ4n) is 4.69. The van der Waals surface area contributed by atoms with Crippen molar-refractivity contribution in [2.75, 3.05) is 42.5 Å². The second kappa shape index (κ2) is 7.48. The summed E-state index contributed by atoms with van der Waals surface area (Å²) < 4.78 is 4.55. The predicted octanol–water partition coefficient (Wildman–Crippen LogP) is 1.10. The number of piperidine rings is 1. The average Bonchev–Trinajstić information content (AvgIpc) is 3.28. The molecule has 154 valence electrons.